The van der Waals surface area contributed by atoms with E-state index in [4.69, 9.17) is 78.7 Å². The molecule has 0 amide bonds. The Bertz CT molecular complexity index is 1090. The Kier molecular flexibility index (Phi) is 12.8. The lowest BCUT2D eigenvalue weighted by Gasteiger charge is -2.29. The second-order valence-corrected chi connectivity index (χ2v) is 9.52. The van der Waals surface area contributed by atoms with E-state index in [-0.39, 0.29) is 22.9 Å². The van der Waals surface area contributed by atoms with Crippen LogP contribution in [0, 0.1) is 0 Å². The van der Waals surface area contributed by atoms with Crippen LogP contribution in [0.2, 0.25) is 0 Å². The van der Waals surface area contributed by atoms with Crippen molar-refractivity contribution in [2.24, 2.45) is 0 Å². The molecule has 23 nitrogen and oxygen atoms in total. The largest absolute Gasteiger partial charge is 0.466 e. The maximum atomic E-state index is 10.5. The second kappa shape index (κ2) is 13.4. The van der Waals surface area contributed by atoms with Crippen molar-refractivity contribution in [3.05, 3.63) is 6.33 Å². The Morgan fingerprint density at radius 2 is 1.43 bits per heavy atom. The number of aliphatic hydroxyl groups is 3. The summed E-state index contributed by atoms with van der Waals surface area (Å²) in [5.74, 6) is -2.11. The molecule has 4 atom stereocenters. The highest BCUT2D eigenvalue weighted by atomic mass is 31.2. The normalized spacial score (nSPS) is 23.8. The van der Waals surface area contributed by atoms with Crippen LogP contribution in [0.4, 0.5) is 11.8 Å². The first-order valence-electron chi connectivity index (χ1n) is 8.74. The third kappa shape index (κ3) is 13.1. The van der Waals surface area contributed by atoms with Crippen molar-refractivity contribution >= 4 is 46.4 Å². The van der Waals surface area contributed by atoms with Crippen LogP contribution in [-0.2, 0) is 23.2 Å². The fourth-order valence-corrected chi connectivity index (χ4v) is 2.51. The van der Waals surface area contributed by atoms with Gasteiger partial charge in [0.15, 0.2) is 17.7 Å². The fourth-order valence-electron chi connectivity index (χ4n) is 2.51. The number of nitrogens with zero attached hydrogens (tertiary/aromatic N) is 4. The number of phosphoric acid groups is 3. The Labute approximate surface area is 204 Å². The molecule has 3 heterocycles. The van der Waals surface area contributed by atoms with Gasteiger partial charge in [0.2, 0.25) is 11.7 Å². The number of nitrogen functional groups attached to an aromatic ring is 2. The first kappa shape index (κ1) is 35.3. The van der Waals surface area contributed by atoms with Gasteiger partial charge in [-0.25, -0.2) is 18.7 Å². The summed E-state index contributed by atoms with van der Waals surface area (Å²) in [6.45, 7) is -0.505. The highest BCUT2D eigenvalue weighted by Crippen LogP contribution is 2.40. The number of imidazole rings is 1. The number of methoxy groups -OCH3 is 1. The smallest absolute Gasteiger partial charge is 0.394 e. The monoisotopic (exact) mass is 606 g/mol. The molecule has 37 heavy (non-hydrogen) atoms. The maximum Gasteiger partial charge on any atom is 0.466 e. The van der Waals surface area contributed by atoms with Crippen LogP contribution in [0.25, 0.3) is 11.2 Å². The van der Waals surface area contributed by atoms with Crippen LogP contribution in [0.15, 0.2) is 6.33 Å². The van der Waals surface area contributed by atoms with Gasteiger partial charge in [-0.15, -0.1) is 0 Å². The van der Waals surface area contributed by atoms with Crippen LogP contribution in [-0.4, -0.2) is 111 Å². The highest BCUT2D eigenvalue weighted by Gasteiger charge is 2.57. The van der Waals surface area contributed by atoms with E-state index in [0.717, 1.165) is 0 Å². The van der Waals surface area contributed by atoms with Gasteiger partial charge in [0.25, 0.3) is 0 Å². The van der Waals surface area contributed by atoms with Crippen molar-refractivity contribution in [2.45, 2.75) is 24.2 Å². The number of aromatic nitrogens is 4. The molecule has 0 aromatic carbocycles. The van der Waals surface area contributed by atoms with Crippen molar-refractivity contribution in [1.82, 2.24) is 19.5 Å². The zero-order valence-electron chi connectivity index (χ0n) is 18.2. The van der Waals surface area contributed by atoms with E-state index >= 15 is 0 Å². The summed E-state index contributed by atoms with van der Waals surface area (Å²) in [4.78, 5) is 76.5. The lowest BCUT2D eigenvalue weighted by atomic mass is 10.1. The Morgan fingerprint density at radius 3 is 1.81 bits per heavy atom. The van der Waals surface area contributed by atoms with Gasteiger partial charge in [-0.2, -0.15) is 9.97 Å². The standard InChI is InChI=1S/C11H16N6O5.3H3O4P/c1-21-11(20)6(19)4(2-18)22-9(11)17-3-14-5-7(12)15-10(13)16-8(5)17;3*1-5(2,3)4/h3-4,6,9,18-20H,2H2,1H3,(H4,12,13,15,16);3*(H3,1,2,3,4)/t4-,6-,9-,11+;;;/m1.../s1. The van der Waals surface area contributed by atoms with Gasteiger partial charge in [0.05, 0.1) is 12.9 Å². The summed E-state index contributed by atoms with van der Waals surface area (Å²) >= 11 is 0. The second-order valence-electron chi connectivity index (χ2n) is 6.44. The summed E-state index contributed by atoms with van der Waals surface area (Å²) in [7, 11) is -12.7. The van der Waals surface area contributed by atoms with E-state index in [2.05, 4.69) is 15.0 Å². The van der Waals surface area contributed by atoms with Gasteiger partial charge in [-0.05, 0) is 0 Å². The summed E-state index contributed by atoms with van der Waals surface area (Å²) in [5, 5.41) is 29.9. The number of aliphatic hydroxyl groups excluding tert-OH is 2. The molecule has 3 rings (SSSR count). The molecule has 26 heteroatoms. The predicted octanol–water partition coefficient (Wildman–Crippen LogP) is -5.21. The molecular formula is C11H25N6O17P3. The van der Waals surface area contributed by atoms with Gasteiger partial charge in [-0.3, -0.25) is 4.57 Å². The molecule has 1 saturated heterocycles. The van der Waals surface area contributed by atoms with Crippen molar-refractivity contribution in [1.29, 1.82) is 0 Å². The van der Waals surface area contributed by atoms with Crippen LogP contribution >= 0.6 is 23.5 Å². The molecule has 0 aliphatic carbocycles. The van der Waals surface area contributed by atoms with Crippen molar-refractivity contribution in [2.75, 3.05) is 25.2 Å². The predicted molar refractivity (Wildman–Crippen MR) is 116 cm³/mol. The van der Waals surface area contributed by atoms with E-state index < -0.39 is 54.3 Å². The third-order valence-electron chi connectivity index (χ3n) is 3.66. The third-order valence-corrected chi connectivity index (χ3v) is 3.66. The molecule has 1 aliphatic rings. The quantitative estimate of drug-likeness (QED) is 0.115. The molecular weight excluding hydrogens is 581 g/mol. The summed E-state index contributed by atoms with van der Waals surface area (Å²) in [6.07, 6.45) is -2.41. The Morgan fingerprint density at radius 1 is 1.00 bits per heavy atom. The van der Waals surface area contributed by atoms with E-state index in [1.54, 1.807) is 0 Å². The molecule has 2 aromatic heterocycles. The molecule has 0 saturated carbocycles. The minimum absolute atomic E-state index is 0.0689. The minimum Gasteiger partial charge on any atom is -0.394 e. The molecule has 2 aromatic rings. The Balaban J connectivity index is 0.000000711. The van der Waals surface area contributed by atoms with Gasteiger partial charge in [0, 0.05) is 7.11 Å². The van der Waals surface area contributed by atoms with E-state index in [0.29, 0.717) is 0 Å². The number of hydrogen-bond acceptors (Lipinski definition) is 13. The summed E-state index contributed by atoms with van der Waals surface area (Å²) < 4.78 is 38.4. The van der Waals surface area contributed by atoms with Crippen molar-refractivity contribution in [3.63, 3.8) is 0 Å². The van der Waals surface area contributed by atoms with E-state index in [1.165, 1.54) is 18.0 Å². The van der Waals surface area contributed by atoms with E-state index in [1.807, 2.05) is 0 Å². The average molecular weight is 606 g/mol. The topological polar surface area (TPSA) is 408 Å². The van der Waals surface area contributed by atoms with Crippen molar-refractivity contribution < 1.29 is 82.5 Å². The number of ether oxygens (including phenoxy) is 2. The summed E-state index contributed by atoms with van der Waals surface area (Å²) in [6, 6.07) is 0. The number of nitrogens with two attached hydrogens (primary N) is 2. The first-order chi connectivity index (χ1) is 16.4. The average Bonchev–Trinajstić information content (AvgIpc) is 3.17. The van der Waals surface area contributed by atoms with Gasteiger partial charge in [0.1, 0.15) is 17.7 Å². The maximum absolute atomic E-state index is 10.5. The number of fused-ring (bicyclic) bond motifs is 1. The zero-order chi connectivity index (χ0) is 29.6. The number of anilines is 2. The van der Waals surface area contributed by atoms with Gasteiger partial charge in [-0.1, -0.05) is 0 Å². The molecule has 16 N–H and O–H groups in total. The molecule has 216 valence electrons. The van der Waals surface area contributed by atoms with E-state index in [9.17, 15) is 15.3 Å². The van der Waals surface area contributed by atoms with Gasteiger partial charge < -0.3 is 80.3 Å². The molecule has 0 spiro atoms. The van der Waals surface area contributed by atoms with Crippen LogP contribution < -0.4 is 11.5 Å². The number of hydrogen-bond donors (Lipinski definition) is 14. The summed E-state index contributed by atoms with van der Waals surface area (Å²) in [5.41, 5.74) is 11.8. The molecule has 1 aliphatic heterocycles. The van der Waals surface area contributed by atoms with Crippen molar-refractivity contribution in [3.8, 4) is 0 Å². The van der Waals surface area contributed by atoms with Crippen LogP contribution in [0.3, 0.4) is 0 Å². The lowest BCUT2D eigenvalue weighted by Crippen LogP contribution is -2.48. The fraction of sp³-hybridized carbons (Fsp3) is 0.545. The molecule has 0 bridgehead atoms. The Hall–Kier alpha value is -1.72. The molecule has 1 fully saturated rings. The van der Waals surface area contributed by atoms with Crippen LogP contribution in [0.5, 0.6) is 0 Å². The lowest BCUT2D eigenvalue weighted by molar-refractivity contribution is -0.264. The van der Waals surface area contributed by atoms with Gasteiger partial charge >= 0.3 is 23.5 Å². The SMILES string of the molecule is CO[C@@]1(O)[C@H](O)[C@@H](CO)O[C@H]1n1cnc2c(N)nc(N)nc21.O=P(O)(O)O.O=P(O)(O)O.O=P(O)(O)O. The molecule has 0 radical (unpaired) electrons. The van der Waals surface area contributed by atoms with Crippen LogP contribution in [0.1, 0.15) is 6.23 Å². The number of rotatable bonds is 3. The first-order valence-corrected chi connectivity index (χ1v) is 13.4. The minimum atomic E-state index is -4.64. The zero-order valence-corrected chi connectivity index (χ0v) is 20.9. The molecule has 0 unspecified atom stereocenters. The highest BCUT2D eigenvalue weighted by molar-refractivity contribution is 7.45.